The van der Waals surface area contributed by atoms with Crippen LogP contribution in [0.3, 0.4) is 0 Å². The highest BCUT2D eigenvalue weighted by molar-refractivity contribution is 6.29. The van der Waals surface area contributed by atoms with Crippen LogP contribution < -0.4 is 0 Å². The van der Waals surface area contributed by atoms with E-state index < -0.39 is 0 Å². The standard InChI is InChI=1S/C55H39N5O/c1-2-3-15-35-26-28-37(29-27-35)54-56-53(36-16-6-4-7-17-36)57-55(58-54)43-22-14-25-48-50(43)42-31-30-39(34-49(42)61-48)60-45-24-13-11-21-41(45)52-47(60)33-32-46-51(52)40-20-10-12-23-44(40)59(46)38-18-8-5-9-19-38/h4-14,16-34H,2-3,15H2,1H3. The van der Waals surface area contributed by atoms with Crippen LogP contribution in [-0.4, -0.2) is 24.1 Å². The van der Waals surface area contributed by atoms with Crippen molar-refractivity contribution in [3.8, 4) is 45.5 Å². The van der Waals surface area contributed by atoms with Gasteiger partial charge in [0.05, 0.1) is 22.1 Å². The van der Waals surface area contributed by atoms with Crippen LogP contribution in [-0.2, 0) is 6.42 Å². The molecule has 12 rings (SSSR count). The Morgan fingerprint density at radius 3 is 1.69 bits per heavy atom. The number of benzene rings is 8. The van der Waals surface area contributed by atoms with Crippen LogP contribution in [0.1, 0.15) is 25.3 Å². The molecule has 0 amide bonds. The third-order valence-electron chi connectivity index (χ3n) is 12.2. The SMILES string of the molecule is CCCCc1ccc(-c2nc(-c3ccccc3)nc(-c3cccc4oc5cc(-n6c7ccccc7c7c8c9ccccc9n(-c9ccccc9)c8ccc76)ccc5c34)n2)cc1. The van der Waals surface area contributed by atoms with Crippen molar-refractivity contribution in [2.24, 2.45) is 0 Å². The smallest absolute Gasteiger partial charge is 0.164 e. The second-order valence-corrected chi connectivity index (χ2v) is 15.8. The number of fused-ring (bicyclic) bond motifs is 10. The molecule has 0 atom stereocenters. The lowest BCUT2D eigenvalue weighted by molar-refractivity contribution is 0.668. The third-order valence-corrected chi connectivity index (χ3v) is 12.2. The molecule has 0 aliphatic heterocycles. The fourth-order valence-electron chi connectivity index (χ4n) is 9.33. The van der Waals surface area contributed by atoms with Crippen molar-refractivity contribution >= 4 is 65.6 Å². The first-order valence-electron chi connectivity index (χ1n) is 21.1. The van der Waals surface area contributed by atoms with Crippen LogP contribution in [0.4, 0.5) is 0 Å². The fraction of sp³-hybridized carbons (Fsp3) is 0.0727. The number of furan rings is 1. The van der Waals surface area contributed by atoms with Crippen molar-refractivity contribution in [1.29, 1.82) is 0 Å². The molecule has 0 unspecified atom stereocenters. The molecule has 12 aromatic rings. The minimum Gasteiger partial charge on any atom is -0.456 e. The van der Waals surface area contributed by atoms with Crippen molar-refractivity contribution in [2.75, 3.05) is 0 Å². The molecule has 0 saturated carbocycles. The van der Waals surface area contributed by atoms with Crippen LogP contribution in [0.5, 0.6) is 0 Å². The molecule has 8 aromatic carbocycles. The topological polar surface area (TPSA) is 61.7 Å². The van der Waals surface area contributed by atoms with Crippen LogP contribution >= 0.6 is 0 Å². The van der Waals surface area contributed by atoms with Gasteiger partial charge in [-0.2, -0.15) is 0 Å². The summed E-state index contributed by atoms with van der Waals surface area (Å²) in [5.74, 6) is 1.89. The molecule has 0 aliphatic carbocycles. The van der Waals surface area contributed by atoms with Gasteiger partial charge in [-0.3, -0.25) is 0 Å². The Hall–Kier alpha value is -7.83. The lowest BCUT2D eigenvalue weighted by Crippen LogP contribution is -2.00. The van der Waals surface area contributed by atoms with E-state index in [1.54, 1.807) is 0 Å². The molecule has 0 N–H and O–H groups in total. The van der Waals surface area contributed by atoms with Gasteiger partial charge in [0.2, 0.25) is 0 Å². The monoisotopic (exact) mass is 785 g/mol. The minimum atomic E-state index is 0.609. The van der Waals surface area contributed by atoms with E-state index in [0.717, 1.165) is 67.5 Å². The van der Waals surface area contributed by atoms with Crippen LogP contribution in [0.2, 0.25) is 0 Å². The zero-order valence-electron chi connectivity index (χ0n) is 33.6. The van der Waals surface area contributed by atoms with Gasteiger partial charge in [-0.15, -0.1) is 0 Å². The Morgan fingerprint density at radius 1 is 0.426 bits per heavy atom. The number of hydrogen-bond acceptors (Lipinski definition) is 4. The van der Waals surface area contributed by atoms with Crippen molar-refractivity contribution in [1.82, 2.24) is 24.1 Å². The van der Waals surface area contributed by atoms with Gasteiger partial charge >= 0.3 is 0 Å². The van der Waals surface area contributed by atoms with Gasteiger partial charge in [0.25, 0.3) is 0 Å². The summed E-state index contributed by atoms with van der Waals surface area (Å²) in [6, 6.07) is 64.2. The largest absolute Gasteiger partial charge is 0.456 e. The summed E-state index contributed by atoms with van der Waals surface area (Å²) < 4.78 is 11.5. The summed E-state index contributed by atoms with van der Waals surface area (Å²) in [7, 11) is 0. The summed E-state index contributed by atoms with van der Waals surface area (Å²) in [5.41, 5.74) is 12.5. The average molecular weight is 786 g/mol. The van der Waals surface area contributed by atoms with E-state index in [4.69, 9.17) is 19.4 Å². The van der Waals surface area contributed by atoms with Gasteiger partial charge in [0, 0.05) is 66.4 Å². The van der Waals surface area contributed by atoms with E-state index in [0.29, 0.717) is 17.5 Å². The highest BCUT2D eigenvalue weighted by atomic mass is 16.3. The molecule has 0 spiro atoms. The average Bonchev–Trinajstić information content (AvgIpc) is 3.99. The quantitative estimate of drug-likeness (QED) is 0.154. The van der Waals surface area contributed by atoms with E-state index in [1.807, 2.05) is 42.5 Å². The normalized spacial score (nSPS) is 11.9. The number of para-hydroxylation sites is 3. The van der Waals surface area contributed by atoms with Crippen molar-refractivity contribution in [2.45, 2.75) is 26.2 Å². The highest BCUT2D eigenvalue weighted by Gasteiger charge is 2.22. The van der Waals surface area contributed by atoms with Crippen molar-refractivity contribution < 1.29 is 4.42 Å². The minimum absolute atomic E-state index is 0.609. The molecule has 4 heterocycles. The predicted molar refractivity (Wildman–Crippen MR) is 251 cm³/mol. The Balaban J connectivity index is 1.04. The molecule has 61 heavy (non-hydrogen) atoms. The number of aromatic nitrogens is 5. The maximum atomic E-state index is 6.74. The molecular formula is C55H39N5O. The fourth-order valence-corrected chi connectivity index (χ4v) is 9.33. The highest BCUT2D eigenvalue weighted by Crippen LogP contribution is 2.43. The molecule has 6 heteroatoms. The van der Waals surface area contributed by atoms with E-state index in [1.165, 1.54) is 51.0 Å². The van der Waals surface area contributed by atoms with Gasteiger partial charge < -0.3 is 13.6 Å². The molecule has 290 valence electrons. The molecule has 0 saturated heterocycles. The Kier molecular flexibility index (Phi) is 8.17. The van der Waals surface area contributed by atoms with Gasteiger partial charge in [0.15, 0.2) is 17.5 Å². The summed E-state index contributed by atoms with van der Waals surface area (Å²) in [6.07, 6.45) is 3.40. The first-order valence-corrected chi connectivity index (χ1v) is 21.1. The Labute approximate surface area is 352 Å². The predicted octanol–water partition coefficient (Wildman–Crippen LogP) is 14.3. The molecule has 0 radical (unpaired) electrons. The molecule has 4 aromatic heterocycles. The maximum absolute atomic E-state index is 6.74. The third kappa shape index (κ3) is 5.67. The van der Waals surface area contributed by atoms with Crippen molar-refractivity contribution in [3.63, 3.8) is 0 Å². The number of hydrogen-bond donors (Lipinski definition) is 0. The molecule has 0 aliphatic rings. The molecule has 0 fully saturated rings. The summed E-state index contributed by atoms with van der Waals surface area (Å²) in [5, 5.41) is 6.92. The molecule has 0 bridgehead atoms. The Morgan fingerprint density at radius 2 is 1.02 bits per heavy atom. The van der Waals surface area contributed by atoms with Gasteiger partial charge in [-0.1, -0.05) is 135 Å². The lowest BCUT2D eigenvalue weighted by atomic mass is 10.0. The van der Waals surface area contributed by atoms with E-state index >= 15 is 0 Å². The first kappa shape index (κ1) is 35.1. The number of nitrogens with zero attached hydrogens (tertiary/aromatic N) is 5. The summed E-state index contributed by atoms with van der Waals surface area (Å²) in [6.45, 7) is 2.23. The van der Waals surface area contributed by atoms with Crippen LogP contribution in [0.15, 0.2) is 186 Å². The number of aryl methyl sites for hydroxylation is 1. The van der Waals surface area contributed by atoms with E-state index in [-0.39, 0.29) is 0 Å². The molecular weight excluding hydrogens is 747 g/mol. The maximum Gasteiger partial charge on any atom is 0.164 e. The van der Waals surface area contributed by atoms with Crippen LogP contribution in [0.25, 0.3) is 111 Å². The zero-order chi connectivity index (χ0) is 40.4. The second kappa shape index (κ2) is 14.2. The summed E-state index contributed by atoms with van der Waals surface area (Å²) in [4.78, 5) is 15.3. The second-order valence-electron chi connectivity index (χ2n) is 15.8. The van der Waals surface area contributed by atoms with Crippen LogP contribution in [0, 0.1) is 0 Å². The lowest BCUT2D eigenvalue weighted by Gasteiger charge is -2.10. The number of rotatable bonds is 8. The first-order chi connectivity index (χ1) is 30.2. The zero-order valence-corrected chi connectivity index (χ0v) is 33.6. The Bertz CT molecular complexity index is 3620. The van der Waals surface area contributed by atoms with Gasteiger partial charge in [-0.05, 0) is 73.0 Å². The van der Waals surface area contributed by atoms with Gasteiger partial charge in [-0.25, -0.2) is 15.0 Å². The van der Waals surface area contributed by atoms with Gasteiger partial charge in [0.1, 0.15) is 11.2 Å². The van der Waals surface area contributed by atoms with E-state index in [9.17, 15) is 0 Å². The van der Waals surface area contributed by atoms with E-state index in [2.05, 4.69) is 156 Å². The van der Waals surface area contributed by atoms with Crippen molar-refractivity contribution in [3.05, 3.63) is 188 Å². The number of unbranched alkanes of at least 4 members (excludes halogenated alkanes) is 1. The summed E-state index contributed by atoms with van der Waals surface area (Å²) >= 11 is 0. The molecule has 6 nitrogen and oxygen atoms in total.